The molecule has 19 heavy (non-hydrogen) atoms. The van der Waals surface area contributed by atoms with Crippen molar-refractivity contribution in [1.82, 2.24) is 0 Å². The summed E-state index contributed by atoms with van der Waals surface area (Å²) >= 11 is 1.66. The van der Waals surface area contributed by atoms with Crippen LogP contribution < -0.4 is 0 Å². The zero-order chi connectivity index (χ0) is 14.7. The molecule has 4 heteroatoms. The van der Waals surface area contributed by atoms with Gasteiger partial charge in [-0.15, -0.1) is 11.8 Å². The largest absolute Gasteiger partial charge is 0.465 e. The molecular formula is C15H29FO2S. The van der Waals surface area contributed by atoms with Gasteiger partial charge in [-0.05, 0) is 44.3 Å². The monoisotopic (exact) mass is 292 g/mol. The maximum absolute atomic E-state index is 12.6. The maximum atomic E-state index is 12.6. The predicted molar refractivity (Wildman–Crippen MR) is 81.4 cm³/mol. The molecule has 2 unspecified atom stereocenters. The maximum Gasteiger partial charge on any atom is 0.319 e. The van der Waals surface area contributed by atoms with Gasteiger partial charge < -0.3 is 4.74 Å². The Morgan fingerprint density at radius 2 is 1.89 bits per heavy atom. The third-order valence-electron chi connectivity index (χ3n) is 2.69. The SMILES string of the molecule is CCCC(SCCCCC(C)F)C(=O)OCC(C)C. The first-order valence-electron chi connectivity index (χ1n) is 7.39. The second kappa shape index (κ2) is 11.6. The van der Waals surface area contributed by atoms with Crippen molar-refractivity contribution >= 4 is 17.7 Å². The lowest BCUT2D eigenvalue weighted by molar-refractivity contribution is -0.144. The van der Waals surface area contributed by atoms with Crippen LogP contribution >= 0.6 is 11.8 Å². The van der Waals surface area contributed by atoms with Gasteiger partial charge in [-0.2, -0.15) is 0 Å². The van der Waals surface area contributed by atoms with Crippen LogP contribution in [0, 0.1) is 5.92 Å². The number of alkyl halides is 1. The van der Waals surface area contributed by atoms with Gasteiger partial charge in [0, 0.05) is 0 Å². The number of halogens is 1. The van der Waals surface area contributed by atoms with Gasteiger partial charge in [0.05, 0.1) is 12.8 Å². The van der Waals surface area contributed by atoms with Gasteiger partial charge in [0.2, 0.25) is 0 Å². The van der Waals surface area contributed by atoms with Crippen LogP contribution in [0.4, 0.5) is 4.39 Å². The fourth-order valence-corrected chi connectivity index (χ4v) is 2.89. The number of carbonyl (C=O) groups excluding carboxylic acids is 1. The molecule has 0 aliphatic rings. The van der Waals surface area contributed by atoms with Gasteiger partial charge in [-0.3, -0.25) is 4.79 Å². The molecule has 0 saturated heterocycles. The van der Waals surface area contributed by atoms with Crippen LogP contribution in [0.2, 0.25) is 0 Å². The number of ether oxygens (including phenoxy) is 1. The van der Waals surface area contributed by atoms with Gasteiger partial charge in [-0.25, -0.2) is 4.39 Å². The lowest BCUT2D eigenvalue weighted by atomic mass is 10.2. The Kier molecular flexibility index (Phi) is 11.4. The Labute approximate surface area is 121 Å². The van der Waals surface area contributed by atoms with Gasteiger partial charge in [0.25, 0.3) is 0 Å². The van der Waals surface area contributed by atoms with Crippen molar-refractivity contribution in [3.05, 3.63) is 0 Å². The first-order chi connectivity index (χ1) is 8.97. The Morgan fingerprint density at radius 3 is 2.42 bits per heavy atom. The average molecular weight is 292 g/mol. The van der Waals surface area contributed by atoms with E-state index in [0.717, 1.165) is 31.4 Å². The quantitative estimate of drug-likeness (QED) is 0.411. The topological polar surface area (TPSA) is 26.3 Å². The highest BCUT2D eigenvalue weighted by molar-refractivity contribution is 8.00. The van der Waals surface area contributed by atoms with Gasteiger partial charge >= 0.3 is 5.97 Å². The molecule has 0 N–H and O–H groups in total. The second-order valence-corrected chi connectivity index (χ2v) is 6.76. The summed E-state index contributed by atoms with van der Waals surface area (Å²) < 4.78 is 17.9. The minimum atomic E-state index is -0.715. The zero-order valence-electron chi connectivity index (χ0n) is 12.8. The average Bonchev–Trinajstić information content (AvgIpc) is 2.33. The molecule has 0 aromatic carbocycles. The molecule has 0 aliphatic heterocycles. The first kappa shape index (κ1) is 18.8. The van der Waals surface area contributed by atoms with Crippen LogP contribution in [-0.4, -0.2) is 29.8 Å². The molecule has 0 aliphatic carbocycles. The van der Waals surface area contributed by atoms with Crippen LogP contribution in [0.25, 0.3) is 0 Å². The fourth-order valence-electron chi connectivity index (χ4n) is 1.63. The lowest BCUT2D eigenvalue weighted by Gasteiger charge is -2.16. The smallest absolute Gasteiger partial charge is 0.319 e. The molecule has 0 heterocycles. The van der Waals surface area contributed by atoms with E-state index in [1.807, 2.05) is 13.8 Å². The van der Waals surface area contributed by atoms with Crippen molar-refractivity contribution < 1.29 is 13.9 Å². The normalized spacial score (nSPS) is 14.4. The highest BCUT2D eigenvalue weighted by Gasteiger charge is 2.19. The van der Waals surface area contributed by atoms with E-state index in [1.54, 1.807) is 18.7 Å². The number of carbonyl (C=O) groups is 1. The number of unbranched alkanes of at least 4 members (excludes halogenated alkanes) is 1. The molecule has 0 fully saturated rings. The summed E-state index contributed by atoms with van der Waals surface area (Å²) in [6, 6.07) is 0. The molecule has 0 radical (unpaired) electrons. The molecule has 114 valence electrons. The van der Waals surface area contributed by atoms with Crippen molar-refractivity contribution in [2.24, 2.45) is 5.92 Å². The summed E-state index contributed by atoms with van der Waals surface area (Å²) in [7, 11) is 0. The minimum Gasteiger partial charge on any atom is -0.465 e. The molecule has 2 atom stereocenters. The predicted octanol–water partition coefficient (Wildman–Crippen LogP) is 4.62. The summed E-state index contributed by atoms with van der Waals surface area (Å²) in [6.07, 6.45) is 3.61. The third-order valence-corrected chi connectivity index (χ3v) is 4.04. The highest BCUT2D eigenvalue weighted by atomic mass is 32.2. The molecule has 0 saturated carbocycles. The van der Waals surface area contributed by atoms with E-state index in [2.05, 4.69) is 6.92 Å². The number of esters is 1. The van der Waals surface area contributed by atoms with E-state index in [1.165, 1.54) is 0 Å². The zero-order valence-corrected chi connectivity index (χ0v) is 13.6. The fraction of sp³-hybridized carbons (Fsp3) is 0.933. The van der Waals surface area contributed by atoms with Crippen LogP contribution in [0.1, 0.15) is 59.8 Å². The first-order valence-corrected chi connectivity index (χ1v) is 8.44. The Hall–Kier alpha value is -0.250. The molecule has 0 spiro atoms. The van der Waals surface area contributed by atoms with Crippen LogP contribution in [-0.2, 0) is 9.53 Å². The summed E-state index contributed by atoms with van der Waals surface area (Å²) in [6.45, 7) is 8.24. The molecule has 0 rings (SSSR count). The van der Waals surface area contributed by atoms with Crippen molar-refractivity contribution in [2.45, 2.75) is 71.2 Å². The van der Waals surface area contributed by atoms with E-state index in [-0.39, 0.29) is 11.2 Å². The third kappa shape index (κ3) is 11.3. The van der Waals surface area contributed by atoms with Crippen molar-refractivity contribution in [2.75, 3.05) is 12.4 Å². The van der Waals surface area contributed by atoms with Crippen LogP contribution in [0.5, 0.6) is 0 Å². The number of hydrogen-bond acceptors (Lipinski definition) is 3. The number of thioether (sulfide) groups is 1. The van der Waals surface area contributed by atoms with E-state index in [9.17, 15) is 9.18 Å². The van der Waals surface area contributed by atoms with Gasteiger partial charge in [-0.1, -0.05) is 27.2 Å². The molecule has 0 aromatic rings. The van der Waals surface area contributed by atoms with E-state index < -0.39 is 6.17 Å². The lowest BCUT2D eigenvalue weighted by Crippen LogP contribution is -2.22. The van der Waals surface area contributed by atoms with Crippen molar-refractivity contribution in [3.8, 4) is 0 Å². The highest BCUT2D eigenvalue weighted by Crippen LogP contribution is 2.20. The Balaban J connectivity index is 3.87. The van der Waals surface area contributed by atoms with Crippen molar-refractivity contribution in [3.63, 3.8) is 0 Å². The standard InChI is InChI=1S/C15H29FO2S/c1-5-8-14(15(17)18-11-12(2)3)19-10-7-6-9-13(4)16/h12-14H,5-11H2,1-4H3. The van der Waals surface area contributed by atoms with Crippen molar-refractivity contribution in [1.29, 1.82) is 0 Å². The molecule has 0 bridgehead atoms. The summed E-state index contributed by atoms with van der Waals surface area (Å²) in [4.78, 5) is 11.9. The van der Waals surface area contributed by atoms with Gasteiger partial charge in [0.15, 0.2) is 0 Å². The Morgan fingerprint density at radius 1 is 1.21 bits per heavy atom. The molecule has 0 aromatic heterocycles. The van der Waals surface area contributed by atoms with E-state index in [0.29, 0.717) is 18.9 Å². The number of hydrogen-bond donors (Lipinski definition) is 0. The molecule has 0 amide bonds. The van der Waals surface area contributed by atoms with Crippen LogP contribution in [0.3, 0.4) is 0 Å². The minimum absolute atomic E-state index is 0.0495. The molecule has 2 nitrogen and oxygen atoms in total. The summed E-state index contributed by atoms with van der Waals surface area (Å²) in [5.74, 6) is 1.20. The second-order valence-electron chi connectivity index (χ2n) is 5.45. The summed E-state index contributed by atoms with van der Waals surface area (Å²) in [5, 5.41) is -0.0495. The number of rotatable bonds is 11. The Bertz CT molecular complexity index is 232. The van der Waals surface area contributed by atoms with Crippen LogP contribution in [0.15, 0.2) is 0 Å². The molecular weight excluding hydrogens is 263 g/mol. The van der Waals surface area contributed by atoms with Gasteiger partial charge in [0.1, 0.15) is 5.25 Å². The summed E-state index contributed by atoms with van der Waals surface area (Å²) in [5.41, 5.74) is 0. The van der Waals surface area contributed by atoms with E-state index in [4.69, 9.17) is 4.74 Å². The van der Waals surface area contributed by atoms with E-state index >= 15 is 0 Å².